The number of aromatic carboxylic acids is 1. The summed E-state index contributed by atoms with van der Waals surface area (Å²) in [5, 5.41) is 9.15. The van der Waals surface area contributed by atoms with Crippen LogP contribution in [0.1, 0.15) is 41.9 Å². The van der Waals surface area contributed by atoms with E-state index in [1.807, 2.05) is 0 Å². The van der Waals surface area contributed by atoms with Gasteiger partial charge in [0.05, 0.1) is 6.10 Å². The maximum Gasteiger partial charge on any atom is 0.358 e. The average molecular weight is 265 g/mol. The van der Waals surface area contributed by atoms with Crippen molar-refractivity contribution < 1.29 is 19.4 Å². The second-order valence-electron chi connectivity index (χ2n) is 4.87. The van der Waals surface area contributed by atoms with Crippen molar-refractivity contribution in [1.82, 2.24) is 4.98 Å². The van der Waals surface area contributed by atoms with Gasteiger partial charge >= 0.3 is 5.97 Å². The average Bonchev–Trinajstić information content (AvgIpc) is 2.41. The maximum absolute atomic E-state index is 11.2. The van der Waals surface area contributed by atoms with E-state index < -0.39 is 5.97 Å². The molecule has 0 bridgehead atoms. The Kier molecular flexibility index (Phi) is 4.37. The number of carboxylic acids is 1. The number of ether oxygens (including phenoxy) is 2. The van der Waals surface area contributed by atoms with E-state index in [0.717, 1.165) is 25.7 Å². The van der Waals surface area contributed by atoms with Crippen LogP contribution in [0.2, 0.25) is 0 Å². The summed E-state index contributed by atoms with van der Waals surface area (Å²) in [5.41, 5.74) is 0.655. The van der Waals surface area contributed by atoms with E-state index in [-0.39, 0.29) is 17.9 Å². The Hall–Kier alpha value is -1.62. The summed E-state index contributed by atoms with van der Waals surface area (Å²) < 4.78 is 11.2. The van der Waals surface area contributed by atoms with Gasteiger partial charge in [-0.25, -0.2) is 9.78 Å². The number of hydrogen-bond donors (Lipinski definition) is 1. The van der Waals surface area contributed by atoms with E-state index in [4.69, 9.17) is 14.6 Å². The smallest absolute Gasteiger partial charge is 0.358 e. The van der Waals surface area contributed by atoms with Crippen LogP contribution in [0.25, 0.3) is 0 Å². The highest BCUT2D eigenvalue weighted by Gasteiger charge is 2.25. The van der Waals surface area contributed by atoms with Gasteiger partial charge in [0.2, 0.25) is 0 Å². The summed E-state index contributed by atoms with van der Waals surface area (Å²) >= 11 is 0. The fourth-order valence-electron chi connectivity index (χ4n) is 2.40. The largest absolute Gasteiger partial charge is 0.488 e. The quantitative estimate of drug-likeness (QED) is 0.905. The second-order valence-corrected chi connectivity index (χ2v) is 4.87. The van der Waals surface area contributed by atoms with Crippen LogP contribution in [-0.2, 0) is 4.74 Å². The lowest BCUT2D eigenvalue weighted by molar-refractivity contribution is 0.0202. The molecule has 5 nitrogen and oxygen atoms in total. The molecule has 5 heteroatoms. The molecule has 1 N–H and O–H groups in total. The third-order valence-electron chi connectivity index (χ3n) is 3.40. The molecule has 2 rings (SSSR count). The zero-order valence-corrected chi connectivity index (χ0v) is 11.3. The van der Waals surface area contributed by atoms with E-state index in [1.165, 1.54) is 0 Å². The molecule has 104 valence electrons. The van der Waals surface area contributed by atoms with Crippen LogP contribution in [0.3, 0.4) is 0 Å². The Morgan fingerprint density at radius 3 is 2.79 bits per heavy atom. The third-order valence-corrected chi connectivity index (χ3v) is 3.40. The van der Waals surface area contributed by atoms with Gasteiger partial charge in [0.1, 0.15) is 6.10 Å². The lowest BCUT2D eigenvalue weighted by Crippen LogP contribution is -2.30. The molecule has 19 heavy (non-hydrogen) atoms. The molecule has 2 atom stereocenters. The summed E-state index contributed by atoms with van der Waals surface area (Å²) in [6.07, 6.45) is 3.99. The maximum atomic E-state index is 11.2. The highest BCUT2D eigenvalue weighted by atomic mass is 16.5. The fourth-order valence-corrected chi connectivity index (χ4v) is 2.40. The van der Waals surface area contributed by atoms with Crippen LogP contribution in [0, 0.1) is 6.92 Å². The predicted octanol–water partition coefficient (Wildman–Crippen LogP) is 2.42. The number of methoxy groups -OCH3 is 1. The minimum Gasteiger partial charge on any atom is -0.488 e. The summed E-state index contributed by atoms with van der Waals surface area (Å²) in [5.74, 6) is -0.711. The van der Waals surface area contributed by atoms with Crippen molar-refractivity contribution in [2.45, 2.75) is 44.8 Å². The Labute approximate surface area is 112 Å². The van der Waals surface area contributed by atoms with Crippen molar-refractivity contribution >= 4 is 5.97 Å². The first-order valence-corrected chi connectivity index (χ1v) is 6.50. The topological polar surface area (TPSA) is 68.7 Å². The lowest BCUT2D eigenvalue weighted by Gasteiger charge is -2.28. The van der Waals surface area contributed by atoms with Crippen LogP contribution >= 0.6 is 0 Å². The van der Waals surface area contributed by atoms with Crippen molar-refractivity contribution in [2.75, 3.05) is 7.11 Å². The number of carbonyl (C=O) groups is 1. The third kappa shape index (κ3) is 3.44. The molecular formula is C14H19NO4. The summed E-state index contributed by atoms with van der Waals surface area (Å²) in [6.45, 7) is 1.76. The molecule has 2 unspecified atom stereocenters. The van der Waals surface area contributed by atoms with Crippen molar-refractivity contribution in [2.24, 2.45) is 0 Å². The highest BCUT2D eigenvalue weighted by Crippen LogP contribution is 2.27. The number of aryl methyl sites for hydroxylation is 1. The zero-order valence-electron chi connectivity index (χ0n) is 11.3. The first kappa shape index (κ1) is 13.8. The van der Waals surface area contributed by atoms with E-state index in [9.17, 15) is 4.79 Å². The van der Waals surface area contributed by atoms with Crippen LogP contribution < -0.4 is 4.74 Å². The standard InChI is InChI=1S/C14H19NO4/c1-9-6-7-12(13(15-9)14(16)17)19-11-5-3-4-10(8-11)18-2/h6-7,10-11H,3-5,8H2,1-2H3,(H,16,17). The first-order chi connectivity index (χ1) is 9.10. The first-order valence-electron chi connectivity index (χ1n) is 6.50. The van der Waals surface area contributed by atoms with Crippen LogP contribution in [0.5, 0.6) is 5.75 Å². The molecular weight excluding hydrogens is 246 g/mol. The number of pyridine rings is 1. The monoisotopic (exact) mass is 265 g/mol. The molecule has 0 aromatic carbocycles. The molecule has 0 amide bonds. The molecule has 0 saturated heterocycles. The van der Waals surface area contributed by atoms with E-state index in [0.29, 0.717) is 11.4 Å². The number of hydrogen-bond acceptors (Lipinski definition) is 4. The summed E-state index contributed by atoms with van der Waals surface area (Å²) in [6, 6.07) is 3.45. The zero-order chi connectivity index (χ0) is 13.8. The van der Waals surface area contributed by atoms with Crippen LogP contribution in [-0.4, -0.2) is 35.4 Å². The minimum atomic E-state index is -1.06. The fraction of sp³-hybridized carbons (Fsp3) is 0.571. The molecule has 1 fully saturated rings. The molecule has 1 aliphatic carbocycles. The van der Waals surface area contributed by atoms with Gasteiger partial charge in [0.15, 0.2) is 11.4 Å². The van der Waals surface area contributed by atoms with Crippen molar-refractivity contribution in [3.05, 3.63) is 23.5 Å². The molecule has 1 aliphatic rings. The number of carboxylic acid groups (broad SMARTS) is 1. The SMILES string of the molecule is COC1CCCC(Oc2ccc(C)nc2C(=O)O)C1. The van der Waals surface area contributed by atoms with Gasteiger partial charge < -0.3 is 14.6 Å². The van der Waals surface area contributed by atoms with Crippen LogP contribution in [0.4, 0.5) is 0 Å². The molecule has 1 saturated carbocycles. The highest BCUT2D eigenvalue weighted by molar-refractivity contribution is 5.88. The van der Waals surface area contributed by atoms with Crippen molar-refractivity contribution in [1.29, 1.82) is 0 Å². The van der Waals surface area contributed by atoms with Gasteiger partial charge in [-0.3, -0.25) is 0 Å². The number of nitrogens with zero attached hydrogens (tertiary/aromatic N) is 1. The van der Waals surface area contributed by atoms with Gasteiger partial charge in [-0.1, -0.05) is 0 Å². The molecule has 1 heterocycles. The van der Waals surface area contributed by atoms with E-state index in [1.54, 1.807) is 26.2 Å². The van der Waals surface area contributed by atoms with Gasteiger partial charge in [-0.2, -0.15) is 0 Å². The number of aromatic nitrogens is 1. The minimum absolute atomic E-state index is 0.00121. The van der Waals surface area contributed by atoms with Crippen LogP contribution in [0.15, 0.2) is 12.1 Å². The Morgan fingerprint density at radius 1 is 1.37 bits per heavy atom. The Balaban J connectivity index is 2.12. The summed E-state index contributed by atoms with van der Waals surface area (Å²) in [4.78, 5) is 15.2. The van der Waals surface area contributed by atoms with Crippen molar-refractivity contribution in [3.63, 3.8) is 0 Å². The molecule has 0 radical (unpaired) electrons. The predicted molar refractivity (Wildman–Crippen MR) is 69.6 cm³/mol. The van der Waals surface area contributed by atoms with E-state index >= 15 is 0 Å². The van der Waals surface area contributed by atoms with Gasteiger partial charge in [0.25, 0.3) is 0 Å². The summed E-state index contributed by atoms with van der Waals surface area (Å²) in [7, 11) is 1.70. The lowest BCUT2D eigenvalue weighted by atomic mass is 9.95. The second kappa shape index (κ2) is 6.02. The van der Waals surface area contributed by atoms with E-state index in [2.05, 4.69) is 4.98 Å². The Morgan fingerprint density at radius 2 is 2.11 bits per heavy atom. The molecule has 0 spiro atoms. The van der Waals surface area contributed by atoms with Gasteiger partial charge in [-0.05, 0) is 38.3 Å². The normalized spacial score (nSPS) is 23.1. The number of rotatable bonds is 4. The van der Waals surface area contributed by atoms with Gasteiger partial charge in [0, 0.05) is 19.2 Å². The molecule has 1 aromatic rings. The van der Waals surface area contributed by atoms with Crippen molar-refractivity contribution in [3.8, 4) is 5.75 Å². The van der Waals surface area contributed by atoms with Gasteiger partial charge in [-0.15, -0.1) is 0 Å². The Bertz CT molecular complexity index is 461. The molecule has 0 aliphatic heterocycles. The molecule has 1 aromatic heterocycles.